The molecule has 2 aromatic heterocycles. The summed E-state index contributed by atoms with van der Waals surface area (Å²) in [6, 6.07) is 7.46. The Bertz CT molecular complexity index is 928. The number of hydrogen-bond donors (Lipinski definition) is 1. The highest BCUT2D eigenvalue weighted by Crippen LogP contribution is 2.30. The van der Waals surface area contributed by atoms with Crippen LogP contribution in [-0.4, -0.2) is 19.7 Å². The molecule has 2 heterocycles. The maximum Gasteiger partial charge on any atom is 0.262 e. The molecule has 3 aromatic rings. The number of H-pyrrole nitrogens is 1. The van der Waals surface area contributed by atoms with Crippen LogP contribution >= 0.6 is 11.6 Å². The molecule has 1 aliphatic carbocycles. The molecule has 0 amide bonds. The van der Waals surface area contributed by atoms with Crippen molar-refractivity contribution in [2.75, 3.05) is 0 Å². The van der Waals surface area contributed by atoms with Crippen LogP contribution < -0.4 is 10.3 Å². The second-order valence-electron chi connectivity index (χ2n) is 6.02. The molecular weight excluding hydrogens is 328 g/mol. The Morgan fingerprint density at radius 3 is 2.96 bits per heavy atom. The van der Waals surface area contributed by atoms with Crippen LogP contribution in [0, 0.1) is 0 Å². The summed E-state index contributed by atoms with van der Waals surface area (Å²) in [5.74, 6) is 1.11. The van der Waals surface area contributed by atoms with E-state index in [9.17, 15) is 4.79 Å². The van der Waals surface area contributed by atoms with Gasteiger partial charge in [-0.2, -0.15) is 5.10 Å². The molecule has 7 heteroatoms. The molecule has 6 nitrogen and oxygen atoms in total. The third-order valence-corrected chi connectivity index (χ3v) is 4.59. The molecule has 124 valence electrons. The summed E-state index contributed by atoms with van der Waals surface area (Å²) < 4.78 is 7.56. The molecule has 1 aromatic carbocycles. The predicted octanol–water partition coefficient (Wildman–Crippen LogP) is 3.47. The average molecular weight is 345 g/mol. The van der Waals surface area contributed by atoms with Gasteiger partial charge in [0.15, 0.2) is 5.65 Å². The molecule has 0 bridgehead atoms. The molecule has 0 saturated heterocycles. The maximum absolute atomic E-state index is 12.3. The van der Waals surface area contributed by atoms with Crippen LogP contribution in [-0.2, 0) is 6.61 Å². The van der Waals surface area contributed by atoms with E-state index in [1.54, 1.807) is 18.3 Å². The standard InChI is InChI=1S/C17H17ClN4O2/c18-11-4-3-7-13(8-11)24-10-15-20-16-14(17(23)21-15)9-19-22(16)12-5-1-2-6-12/h3-4,7-9,12H,1-2,5-6,10H2,(H,20,21,23). The Balaban J connectivity index is 1.63. The number of aromatic amines is 1. The van der Waals surface area contributed by atoms with Gasteiger partial charge in [-0.25, -0.2) is 9.67 Å². The minimum atomic E-state index is -0.186. The fourth-order valence-electron chi connectivity index (χ4n) is 3.17. The molecule has 1 N–H and O–H groups in total. The molecule has 0 unspecified atom stereocenters. The summed E-state index contributed by atoms with van der Waals surface area (Å²) in [4.78, 5) is 19.6. The molecule has 0 aliphatic heterocycles. The molecule has 0 radical (unpaired) electrons. The van der Waals surface area contributed by atoms with E-state index < -0.39 is 0 Å². The highest BCUT2D eigenvalue weighted by molar-refractivity contribution is 6.30. The zero-order valence-corrected chi connectivity index (χ0v) is 13.8. The van der Waals surface area contributed by atoms with Crippen LogP contribution in [0.15, 0.2) is 35.3 Å². The van der Waals surface area contributed by atoms with E-state index in [2.05, 4.69) is 15.1 Å². The third kappa shape index (κ3) is 2.89. The molecule has 0 atom stereocenters. The van der Waals surface area contributed by atoms with Crippen LogP contribution in [0.1, 0.15) is 37.5 Å². The zero-order valence-electron chi connectivity index (χ0n) is 13.0. The van der Waals surface area contributed by atoms with Crippen LogP contribution in [0.5, 0.6) is 5.75 Å². The zero-order chi connectivity index (χ0) is 16.5. The fraction of sp³-hybridized carbons (Fsp3) is 0.353. The number of nitrogens with one attached hydrogen (secondary N) is 1. The highest BCUT2D eigenvalue weighted by atomic mass is 35.5. The van der Waals surface area contributed by atoms with Gasteiger partial charge in [-0.05, 0) is 31.0 Å². The van der Waals surface area contributed by atoms with Crippen LogP contribution in [0.3, 0.4) is 0 Å². The van der Waals surface area contributed by atoms with Gasteiger partial charge in [-0.3, -0.25) is 4.79 Å². The summed E-state index contributed by atoms with van der Waals surface area (Å²) in [6.45, 7) is 0.168. The van der Waals surface area contributed by atoms with Crippen molar-refractivity contribution in [3.63, 3.8) is 0 Å². The van der Waals surface area contributed by atoms with E-state index in [4.69, 9.17) is 16.3 Å². The number of nitrogens with zero attached hydrogens (tertiary/aromatic N) is 3. The van der Waals surface area contributed by atoms with Crippen LogP contribution in [0.2, 0.25) is 5.02 Å². The quantitative estimate of drug-likeness (QED) is 0.786. The number of fused-ring (bicyclic) bond motifs is 1. The smallest absolute Gasteiger partial charge is 0.262 e. The van der Waals surface area contributed by atoms with Crippen molar-refractivity contribution in [1.29, 1.82) is 0 Å². The Hall–Kier alpha value is -2.34. The summed E-state index contributed by atoms with van der Waals surface area (Å²) in [5, 5.41) is 5.51. The minimum absolute atomic E-state index is 0.168. The van der Waals surface area contributed by atoms with E-state index in [0.29, 0.717) is 33.7 Å². The largest absolute Gasteiger partial charge is 0.486 e. The number of halogens is 1. The number of hydrogen-bond acceptors (Lipinski definition) is 4. The third-order valence-electron chi connectivity index (χ3n) is 4.35. The number of benzene rings is 1. The van der Waals surface area contributed by atoms with Gasteiger partial charge in [0.1, 0.15) is 23.6 Å². The van der Waals surface area contributed by atoms with E-state index in [1.165, 1.54) is 12.8 Å². The van der Waals surface area contributed by atoms with Crippen molar-refractivity contribution in [3.8, 4) is 5.75 Å². The number of rotatable bonds is 4. The lowest BCUT2D eigenvalue weighted by molar-refractivity contribution is 0.295. The van der Waals surface area contributed by atoms with Gasteiger partial charge >= 0.3 is 0 Å². The summed E-state index contributed by atoms with van der Waals surface area (Å²) in [7, 11) is 0. The first kappa shape index (κ1) is 15.2. The summed E-state index contributed by atoms with van der Waals surface area (Å²) in [5.41, 5.74) is 0.448. The van der Waals surface area contributed by atoms with Crippen molar-refractivity contribution >= 4 is 22.6 Å². The fourth-order valence-corrected chi connectivity index (χ4v) is 3.35. The molecule has 4 rings (SSSR count). The molecule has 1 saturated carbocycles. The van der Waals surface area contributed by atoms with Crippen molar-refractivity contribution in [2.45, 2.75) is 38.3 Å². The van der Waals surface area contributed by atoms with Gasteiger partial charge in [0.25, 0.3) is 5.56 Å². The van der Waals surface area contributed by atoms with Crippen molar-refractivity contribution < 1.29 is 4.74 Å². The topological polar surface area (TPSA) is 72.8 Å². The lowest BCUT2D eigenvalue weighted by Crippen LogP contribution is -2.15. The monoisotopic (exact) mass is 344 g/mol. The van der Waals surface area contributed by atoms with Gasteiger partial charge in [-0.15, -0.1) is 0 Å². The van der Waals surface area contributed by atoms with Crippen LogP contribution in [0.4, 0.5) is 0 Å². The van der Waals surface area contributed by atoms with Crippen molar-refractivity contribution in [3.05, 3.63) is 51.7 Å². The minimum Gasteiger partial charge on any atom is -0.486 e. The van der Waals surface area contributed by atoms with Crippen molar-refractivity contribution in [2.24, 2.45) is 0 Å². The first-order valence-corrected chi connectivity index (χ1v) is 8.43. The molecule has 0 spiro atoms. The van der Waals surface area contributed by atoms with Crippen molar-refractivity contribution in [1.82, 2.24) is 19.7 Å². The van der Waals surface area contributed by atoms with E-state index in [-0.39, 0.29) is 12.2 Å². The lowest BCUT2D eigenvalue weighted by atomic mass is 10.2. The average Bonchev–Trinajstić information content (AvgIpc) is 3.22. The first-order chi connectivity index (χ1) is 11.7. The predicted molar refractivity (Wildman–Crippen MR) is 91.4 cm³/mol. The second kappa shape index (κ2) is 6.28. The molecule has 1 fully saturated rings. The Morgan fingerprint density at radius 1 is 1.33 bits per heavy atom. The van der Waals surface area contributed by atoms with E-state index >= 15 is 0 Å². The summed E-state index contributed by atoms with van der Waals surface area (Å²) >= 11 is 5.94. The highest BCUT2D eigenvalue weighted by Gasteiger charge is 2.21. The molecular formula is C17H17ClN4O2. The van der Waals surface area contributed by atoms with Gasteiger partial charge < -0.3 is 9.72 Å². The van der Waals surface area contributed by atoms with E-state index in [0.717, 1.165) is 12.8 Å². The van der Waals surface area contributed by atoms with E-state index in [1.807, 2.05) is 16.8 Å². The molecule has 24 heavy (non-hydrogen) atoms. The first-order valence-electron chi connectivity index (χ1n) is 8.05. The Morgan fingerprint density at radius 2 is 2.17 bits per heavy atom. The Labute approximate surface area is 143 Å². The number of ether oxygens (including phenoxy) is 1. The number of aromatic nitrogens is 4. The lowest BCUT2D eigenvalue weighted by Gasteiger charge is -2.11. The molecule has 1 aliphatic rings. The SMILES string of the molecule is O=c1[nH]c(COc2cccc(Cl)c2)nc2c1cnn2C1CCCC1. The van der Waals surface area contributed by atoms with Gasteiger partial charge in [0.05, 0.1) is 12.2 Å². The summed E-state index contributed by atoms with van der Waals surface area (Å²) in [6.07, 6.45) is 6.15. The Kier molecular flexibility index (Phi) is 3.98. The van der Waals surface area contributed by atoms with Gasteiger partial charge in [-0.1, -0.05) is 30.5 Å². The van der Waals surface area contributed by atoms with Gasteiger partial charge in [0.2, 0.25) is 0 Å². The maximum atomic E-state index is 12.3. The van der Waals surface area contributed by atoms with Gasteiger partial charge in [0, 0.05) is 5.02 Å². The second-order valence-corrected chi connectivity index (χ2v) is 6.46. The van der Waals surface area contributed by atoms with Crippen LogP contribution in [0.25, 0.3) is 11.0 Å². The normalized spacial score (nSPS) is 15.2.